The van der Waals surface area contributed by atoms with Crippen molar-refractivity contribution in [2.24, 2.45) is 11.6 Å². The summed E-state index contributed by atoms with van der Waals surface area (Å²) < 4.78 is 7.07. The van der Waals surface area contributed by atoms with E-state index in [9.17, 15) is 9.59 Å². The molecule has 2 amide bonds. The number of carbonyl (C=O) groups excluding carboxylic acids is 2. The number of aromatic nitrogens is 2. The molecule has 21 heavy (non-hydrogen) atoms. The summed E-state index contributed by atoms with van der Waals surface area (Å²) in [6, 6.07) is 8.10. The van der Waals surface area contributed by atoms with Crippen LogP contribution in [-0.2, 0) is 6.54 Å². The zero-order valence-electron chi connectivity index (χ0n) is 11.2. The van der Waals surface area contributed by atoms with E-state index < -0.39 is 5.91 Å². The minimum absolute atomic E-state index is 0.215. The Morgan fingerprint density at radius 1 is 1.24 bits per heavy atom. The molecule has 0 saturated carbocycles. The third kappa shape index (κ3) is 3.80. The Labute approximate surface area is 120 Å². The van der Waals surface area contributed by atoms with Crippen molar-refractivity contribution >= 4 is 11.8 Å². The standard InChI is InChI=1S/C13H15N5O3/c14-12(19)11-5-6-18(17-11)7-8-21-10-3-1-9(2-4-10)13(20)16-15/h1-6H,7-8,15H2,(H2,14,19)(H,16,20). The van der Waals surface area contributed by atoms with E-state index in [-0.39, 0.29) is 11.6 Å². The molecule has 0 radical (unpaired) electrons. The van der Waals surface area contributed by atoms with Gasteiger partial charge in [-0.15, -0.1) is 0 Å². The van der Waals surface area contributed by atoms with Gasteiger partial charge in [0.05, 0.1) is 6.54 Å². The molecule has 8 heteroatoms. The molecule has 2 rings (SSSR count). The fourth-order valence-electron chi connectivity index (χ4n) is 1.66. The van der Waals surface area contributed by atoms with E-state index in [0.717, 1.165) is 0 Å². The molecule has 0 aliphatic heterocycles. The van der Waals surface area contributed by atoms with E-state index in [1.165, 1.54) is 0 Å². The summed E-state index contributed by atoms with van der Waals surface area (Å²) in [5.41, 5.74) is 7.82. The van der Waals surface area contributed by atoms with Crippen LogP contribution in [0, 0.1) is 0 Å². The van der Waals surface area contributed by atoms with Crippen LogP contribution in [0.4, 0.5) is 0 Å². The van der Waals surface area contributed by atoms with Crippen molar-refractivity contribution in [3.05, 3.63) is 47.8 Å². The third-order valence-corrected chi connectivity index (χ3v) is 2.73. The number of primary amides is 1. The maximum absolute atomic E-state index is 11.3. The van der Waals surface area contributed by atoms with Gasteiger partial charge in [0.15, 0.2) is 0 Å². The molecule has 0 atom stereocenters. The molecule has 0 aliphatic rings. The van der Waals surface area contributed by atoms with E-state index in [1.54, 1.807) is 41.2 Å². The van der Waals surface area contributed by atoms with Crippen LogP contribution in [0.5, 0.6) is 5.75 Å². The Morgan fingerprint density at radius 2 is 1.95 bits per heavy atom. The van der Waals surface area contributed by atoms with E-state index in [1.807, 2.05) is 5.43 Å². The number of hydrogen-bond acceptors (Lipinski definition) is 5. The van der Waals surface area contributed by atoms with Crippen LogP contribution < -0.4 is 21.7 Å². The summed E-state index contributed by atoms with van der Waals surface area (Å²) in [4.78, 5) is 22.1. The summed E-state index contributed by atoms with van der Waals surface area (Å²) in [5.74, 6) is 4.72. The summed E-state index contributed by atoms with van der Waals surface area (Å²) >= 11 is 0. The van der Waals surface area contributed by atoms with Crippen molar-refractivity contribution in [3.8, 4) is 5.75 Å². The van der Waals surface area contributed by atoms with E-state index in [4.69, 9.17) is 16.3 Å². The van der Waals surface area contributed by atoms with Gasteiger partial charge in [-0.25, -0.2) is 5.84 Å². The molecule has 0 bridgehead atoms. The van der Waals surface area contributed by atoms with Crippen molar-refractivity contribution in [2.45, 2.75) is 6.54 Å². The Hall–Kier alpha value is -2.87. The van der Waals surface area contributed by atoms with Crippen molar-refractivity contribution in [1.29, 1.82) is 0 Å². The third-order valence-electron chi connectivity index (χ3n) is 2.73. The average Bonchev–Trinajstić information content (AvgIpc) is 2.96. The number of nitrogens with zero attached hydrogens (tertiary/aromatic N) is 2. The Balaban J connectivity index is 1.85. The van der Waals surface area contributed by atoms with Gasteiger partial charge in [-0.2, -0.15) is 5.10 Å². The second kappa shape index (κ2) is 6.53. The fourth-order valence-corrected chi connectivity index (χ4v) is 1.66. The maximum Gasteiger partial charge on any atom is 0.269 e. The van der Waals surface area contributed by atoms with Crippen molar-refractivity contribution in [2.75, 3.05) is 6.61 Å². The first-order chi connectivity index (χ1) is 10.1. The molecular weight excluding hydrogens is 274 g/mol. The number of nitrogens with two attached hydrogens (primary N) is 2. The van der Waals surface area contributed by atoms with Gasteiger partial charge in [0, 0.05) is 11.8 Å². The van der Waals surface area contributed by atoms with Crippen LogP contribution in [0.25, 0.3) is 0 Å². The number of rotatable bonds is 6. The second-order valence-corrected chi connectivity index (χ2v) is 4.17. The van der Waals surface area contributed by atoms with E-state index >= 15 is 0 Å². The number of hydrogen-bond donors (Lipinski definition) is 3. The van der Waals surface area contributed by atoms with Gasteiger partial charge in [0.2, 0.25) is 0 Å². The number of hydrazine groups is 1. The van der Waals surface area contributed by atoms with Crippen LogP contribution in [0.2, 0.25) is 0 Å². The molecule has 5 N–H and O–H groups in total. The van der Waals surface area contributed by atoms with Gasteiger partial charge in [-0.1, -0.05) is 0 Å². The largest absolute Gasteiger partial charge is 0.492 e. The van der Waals surface area contributed by atoms with Crippen LogP contribution in [0.3, 0.4) is 0 Å². The van der Waals surface area contributed by atoms with E-state index in [0.29, 0.717) is 24.5 Å². The summed E-state index contributed by atoms with van der Waals surface area (Å²) in [5, 5.41) is 3.98. The number of benzene rings is 1. The molecular formula is C13H15N5O3. The lowest BCUT2D eigenvalue weighted by Crippen LogP contribution is -2.29. The van der Waals surface area contributed by atoms with Crippen LogP contribution in [0.15, 0.2) is 36.5 Å². The zero-order chi connectivity index (χ0) is 15.2. The molecule has 0 fully saturated rings. The lowest BCUT2D eigenvalue weighted by atomic mass is 10.2. The average molecular weight is 289 g/mol. The van der Waals surface area contributed by atoms with Crippen LogP contribution >= 0.6 is 0 Å². The topological polar surface area (TPSA) is 125 Å². The van der Waals surface area contributed by atoms with Gasteiger partial charge < -0.3 is 10.5 Å². The Kier molecular flexibility index (Phi) is 4.52. The van der Waals surface area contributed by atoms with Gasteiger partial charge in [0.25, 0.3) is 11.8 Å². The van der Waals surface area contributed by atoms with Gasteiger partial charge in [0.1, 0.15) is 18.1 Å². The second-order valence-electron chi connectivity index (χ2n) is 4.17. The first-order valence-electron chi connectivity index (χ1n) is 6.17. The number of ether oxygens (including phenoxy) is 1. The van der Waals surface area contributed by atoms with Gasteiger partial charge in [-0.3, -0.25) is 19.7 Å². The fraction of sp³-hybridized carbons (Fsp3) is 0.154. The van der Waals surface area contributed by atoms with Crippen LogP contribution in [-0.4, -0.2) is 28.2 Å². The number of amides is 2. The number of nitrogens with one attached hydrogen (secondary N) is 1. The summed E-state index contributed by atoms with van der Waals surface area (Å²) in [7, 11) is 0. The first kappa shape index (κ1) is 14.5. The van der Waals surface area contributed by atoms with Crippen molar-refractivity contribution in [3.63, 3.8) is 0 Å². The summed E-state index contributed by atoms with van der Waals surface area (Å²) in [6.07, 6.45) is 1.65. The van der Waals surface area contributed by atoms with Gasteiger partial charge >= 0.3 is 0 Å². The minimum Gasteiger partial charge on any atom is -0.492 e. The molecule has 1 aromatic heterocycles. The highest BCUT2D eigenvalue weighted by Gasteiger charge is 2.05. The van der Waals surface area contributed by atoms with Crippen molar-refractivity contribution in [1.82, 2.24) is 15.2 Å². The highest BCUT2D eigenvalue weighted by Crippen LogP contribution is 2.12. The molecule has 1 heterocycles. The van der Waals surface area contributed by atoms with E-state index in [2.05, 4.69) is 5.10 Å². The molecule has 1 aromatic carbocycles. The maximum atomic E-state index is 11.3. The minimum atomic E-state index is -0.566. The monoisotopic (exact) mass is 289 g/mol. The number of nitrogen functional groups attached to an aromatic ring is 1. The zero-order valence-corrected chi connectivity index (χ0v) is 11.2. The smallest absolute Gasteiger partial charge is 0.269 e. The molecule has 0 unspecified atom stereocenters. The SMILES string of the molecule is NNC(=O)c1ccc(OCCn2ccc(C(N)=O)n2)cc1. The normalized spacial score (nSPS) is 10.1. The predicted molar refractivity (Wildman–Crippen MR) is 74.3 cm³/mol. The Bertz CT molecular complexity index is 636. The molecule has 0 spiro atoms. The molecule has 0 saturated heterocycles. The lowest BCUT2D eigenvalue weighted by Gasteiger charge is -2.07. The molecule has 0 aliphatic carbocycles. The van der Waals surface area contributed by atoms with Crippen molar-refractivity contribution < 1.29 is 14.3 Å². The quantitative estimate of drug-likeness (QED) is 0.381. The molecule has 110 valence electrons. The predicted octanol–water partition coefficient (Wildman–Crippen LogP) is -0.336. The molecule has 8 nitrogen and oxygen atoms in total. The number of carbonyl (C=O) groups is 2. The summed E-state index contributed by atoms with van der Waals surface area (Å²) in [6.45, 7) is 0.834. The lowest BCUT2D eigenvalue weighted by molar-refractivity contribution is 0.0952. The van der Waals surface area contributed by atoms with Gasteiger partial charge in [-0.05, 0) is 30.3 Å². The first-order valence-corrected chi connectivity index (χ1v) is 6.17. The highest BCUT2D eigenvalue weighted by molar-refractivity contribution is 5.93. The highest BCUT2D eigenvalue weighted by atomic mass is 16.5. The van der Waals surface area contributed by atoms with Crippen LogP contribution in [0.1, 0.15) is 20.8 Å². The molecule has 2 aromatic rings. The Morgan fingerprint density at radius 3 is 2.52 bits per heavy atom.